The predicted molar refractivity (Wildman–Crippen MR) is 99.8 cm³/mol. The van der Waals surface area contributed by atoms with Gasteiger partial charge in [0.05, 0.1) is 0 Å². The quantitative estimate of drug-likeness (QED) is 0.648. The summed E-state index contributed by atoms with van der Waals surface area (Å²) in [6.07, 6.45) is 4.55. The number of thioether (sulfide) groups is 1. The summed E-state index contributed by atoms with van der Waals surface area (Å²) in [7, 11) is 0. The number of amides is 1. The van der Waals surface area contributed by atoms with Crippen LogP contribution in [0.15, 0.2) is 28.6 Å². The number of anilines is 1. The number of hydrogen-bond donors (Lipinski definition) is 1. The first-order chi connectivity index (χ1) is 11.6. The fourth-order valence-corrected chi connectivity index (χ4v) is 4.13. The number of piperidine rings is 1. The van der Waals surface area contributed by atoms with E-state index < -0.39 is 0 Å². The zero-order valence-corrected chi connectivity index (χ0v) is 15.6. The Balaban J connectivity index is 1.58. The monoisotopic (exact) mass is 362 g/mol. The van der Waals surface area contributed by atoms with Crippen LogP contribution in [0.3, 0.4) is 0 Å². The highest BCUT2D eigenvalue weighted by Crippen LogP contribution is 2.23. The van der Waals surface area contributed by atoms with Crippen molar-refractivity contribution >= 4 is 34.1 Å². The van der Waals surface area contributed by atoms with E-state index >= 15 is 0 Å². The molecule has 128 valence electrons. The molecule has 5 nitrogen and oxygen atoms in total. The highest BCUT2D eigenvalue weighted by atomic mass is 32.2. The van der Waals surface area contributed by atoms with E-state index in [1.54, 1.807) is 0 Å². The summed E-state index contributed by atoms with van der Waals surface area (Å²) >= 11 is 2.90. The molecule has 0 saturated carbocycles. The maximum Gasteiger partial charge on any atom is 0.257 e. The van der Waals surface area contributed by atoms with Gasteiger partial charge in [0.2, 0.25) is 5.13 Å². The summed E-state index contributed by atoms with van der Waals surface area (Å²) in [4.78, 5) is 14.8. The van der Waals surface area contributed by atoms with Gasteiger partial charge in [-0.15, -0.1) is 10.2 Å². The Morgan fingerprint density at radius 1 is 1.38 bits per heavy atom. The van der Waals surface area contributed by atoms with Crippen LogP contribution in [0.1, 0.15) is 35.7 Å². The van der Waals surface area contributed by atoms with Crippen LogP contribution in [0, 0.1) is 5.92 Å². The van der Waals surface area contributed by atoms with Crippen LogP contribution in [-0.2, 0) is 6.54 Å². The molecule has 2 aromatic rings. The maximum absolute atomic E-state index is 12.3. The number of aromatic nitrogens is 2. The van der Waals surface area contributed by atoms with Gasteiger partial charge in [-0.1, -0.05) is 42.2 Å². The molecule has 1 aliphatic rings. The summed E-state index contributed by atoms with van der Waals surface area (Å²) < 4.78 is 0.844. The molecule has 2 heterocycles. The number of carbonyl (C=O) groups is 1. The second-order valence-electron chi connectivity index (χ2n) is 6.21. The van der Waals surface area contributed by atoms with E-state index in [0.717, 1.165) is 23.3 Å². The minimum atomic E-state index is -0.142. The third-order valence-electron chi connectivity index (χ3n) is 4.16. The lowest BCUT2D eigenvalue weighted by atomic mass is 9.99. The van der Waals surface area contributed by atoms with Crippen LogP contribution in [-0.4, -0.2) is 40.3 Å². The molecule has 1 N–H and O–H groups in total. The zero-order valence-electron chi connectivity index (χ0n) is 14.0. The highest BCUT2D eigenvalue weighted by molar-refractivity contribution is 8.00. The third kappa shape index (κ3) is 4.55. The number of carbonyl (C=O) groups excluding carboxylic acids is 1. The Hall–Kier alpha value is -1.44. The van der Waals surface area contributed by atoms with Crippen molar-refractivity contribution in [1.82, 2.24) is 15.1 Å². The van der Waals surface area contributed by atoms with E-state index in [4.69, 9.17) is 0 Å². The fourth-order valence-electron chi connectivity index (χ4n) is 2.96. The molecule has 0 radical (unpaired) electrons. The third-order valence-corrected chi connectivity index (χ3v) is 5.98. The van der Waals surface area contributed by atoms with Gasteiger partial charge in [0, 0.05) is 18.7 Å². The molecule has 7 heteroatoms. The average Bonchev–Trinajstić information content (AvgIpc) is 3.03. The van der Waals surface area contributed by atoms with Crippen LogP contribution in [0.4, 0.5) is 5.13 Å². The van der Waals surface area contributed by atoms with Gasteiger partial charge in [-0.2, -0.15) is 0 Å². The smallest absolute Gasteiger partial charge is 0.257 e. The Bertz CT molecular complexity index is 686. The van der Waals surface area contributed by atoms with Crippen molar-refractivity contribution in [1.29, 1.82) is 0 Å². The van der Waals surface area contributed by atoms with Crippen molar-refractivity contribution in [2.24, 2.45) is 5.92 Å². The molecule has 1 aliphatic heterocycles. The van der Waals surface area contributed by atoms with Crippen LogP contribution in [0.2, 0.25) is 0 Å². The second kappa shape index (κ2) is 8.09. The van der Waals surface area contributed by atoms with Gasteiger partial charge < -0.3 is 0 Å². The number of likely N-dealkylation sites (tertiary alicyclic amines) is 1. The molecule has 1 aromatic carbocycles. The molecule has 1 atom stereocenters. The molecule has 0 aliphatic carbocycles. The van der Waals surface area contributed by atoms with Crippen molar-refractivity contribution in [3.8, 4) is 0 Å². The van der Waals surface area contributed by atoms with E-state index in [-0.39, 0.29) is 5.91 Å². The van der Waals surface area contributed by atoms with Crippen LogP contribution in [0.5, 0.6) is 0 Å². The number of hydrogen-bond acceptors (Lipinski definition) is 6. The van der Waals surface area contributed by atoms with Crippen molar-refractivity contribution in [3.05, 3.63) is 35.4 Å². The van der Waals surface area contributed by atoms with Crippen molar-refractivity contribution in [2.75, 3.05) is 24.7 Å². The number of nitrogens with zero attached hydrogens (tertiary/aromatic N) is 3. The molecule has 1 fully saturated rings. The lowest BCUT2D eigenvalue weighted by molar-refractivity contribution is 0.102. The zero-order chi connectivity index (χ0) is 16.9. The molecule has 1 amide bonds. The SMILES string of the molecule is CSc1nnc(NC(=O)c2ccc(CN3CCC[C@H](C)C3)cc2)s1. The summed E-state index contributed by atoms with van der Waals surface area (Å²) in [5.41, 5.74) is 1.90. The lowest BCUT2D eigenvalue weighted by Gasteiger charge is -2.30. The van der Waals surface area contributed by atoms with Gasteiger partial charge in [-0.25, -0.2) is 0 Å². The number of benzene rings is 1. The largest absolute Gasteiger partial charge is 0.299 e. The van der Waals surface area contributed by atoms with E-state index in [1.807, 2.05) is 30.5 Å². The van der Waals surface area contributed by atoms with Gasteiger partial charge in [0.1, 0.15) is 0 Å². The summed E-state index contributed by atoms with van der Waals surface area (Å²) in [5, 5.41) is 11.3. The van der Waals surface area contributed by atoms with Gasteiger partial charge in [0.25, 0.3) is 5.91 Å². The van der Waals surface area contributed by atoms with Crippen molar-refractivity contribution < 1.29 is 4.79 Å². The molecule has 1 saturated heterocycles. The minimum absolute atomic E-state index is 0.142. The van der Waals surface area contributed by atoms with Gasteiger partial charge in [0.15, 0.2) is 4.34 Å². The molecular formula is C17H22N4OS2. The predicted octanol–water partition coefficient (Wildman–Crippen LogP) is 3.74. The van der Waals surface area contributed by atoms with E-state index in [1.165, 1.54) is 48.0 Å². The Labute approximate surface area is 150 Å². The van der Waals surface area contributed by atoms with Crippen LogP contribution >= 0.6 is 23.1 Å². The second-order valence-corrected chi connectivity index (χ2v) is 8.24. The maximum atomic E-state index is 12.3. The average molecular weight is 363 g/mol. The topological polar surface area (TPSA) is 58.1 Å². The minimum Gasteiger partial charge on any atom is -0.299 e. The molecule has 0 spiro atoms. The summed E-state index contributed by atoms with van der Waals surface area (Å²) in [6, 6.07) is 7.85. The van der Waals surface area contributed by atoms with Gasteiger partial charge in [-0.05, 0) is 49.3 Å². The molecule has 0 unspecified atom stereocenters. The first-order valence-electron chi connectivity index (χ1n) is 8.14. The molecular weight excluding hydrogens is 340 g/mol. The number of rotatable bonds is 5. The van der Waals surface area contributed by atoms with Gasteiger partial charge in [-0.3, -0.25) is 15.0 Å². The molecule has 1 aromatic heterocycles. The standard InChI is InChI=1S/C17H22N4OS2/c1-12-4-3-9-21(10-12)11-13-5-7-14(8-6-13)15(22)18-16-19-20-17(23-2)24-16/h5-8,12H,3-4,9-11H2,1-2H3,(H,18,19,22)/t12-/m0/s1. The normalized spacial score (nSPS) is 18.5. The van der Waals surface area contributed by atoms with Crippen LogP contribution in [0.25, 0.3) is 0 Å². The Morgan fingerprint density at radius 3 is 2.83 bits per heavy atom. The molecule has 0 bridgehead atoms. The van der Waals surface area contributed by atoms with E-state index in [2.05, 4.69) is 27.3 Å². The molecule has 3 rings (SSSR count). The lowest BCUT2D eigenvalue weighted by Crippen LogP contribution is -2.33. The highest BCUT2D eigenvalue weighted by Gasteiger charge is 2.16. The summed E-state index contributed by atoms with van der Waals surface area (Å²) in [5.74, 6) is 0.638. The first kappa shape index (κ1) is 17.4. The van der Waals surface area contributed by atoms with Crippen LogP contribution < -0.4 is 5.32 Å². The van der Waals surface area contributed by atoms with E-state index in [0.29, 0.717) is 10.7 Å². The Morgan fingerprint density at radius 2 is 2.17 bits per heavy atom. The number of nitrogens with one attached hydrogen (secondary N) is 1. The first-order valence-corrected chi connectivity index (χ1v) is 10.2. The van der Waals surface area contributed by atoms with E-state index in [9.17, 15) is 4.79 Å². The molecule has 24 heavy (non-hydrogen) atoms. The van der Waals surface area contributed by atoms with Gasteiger partial charge >= 0.3 is 0 Å². The van der Waals surface area contributed by atoms with Crippen molar-refractivity contribution in [3.63, 3.8) is 0 Å². The summed E-state index contributed by atoms with van der Waals surface area (Å²) in [6.45, 7) is 5.60. The van der Waals surface area contributed by atoms with Crippen molar-refractivity contribution in [2.45, 2.75) is 30.6 Å². The fraction of sp³-hybridized carbons (Fsp3) is 0.471. The Kier molecular flexibility index (Phi) is 5.86.